The van der Waals surface area contributed by atoms with Crippen molar-refractivity contribution < 1.29 is 9.59 Å². The third-order valence-corrected chi connectivity index (χ3v) is 6.19. The van der Waals surface area contributed by atoms with Gasteiger partial charge in [-0.1, -0.05) is 19.3 Å². The molecular weight excluding hydrogens is 340 g/mol. The summed E-state index contributed by atoms with van der Waals surface area (Å²) in [7, 11) is 4.00. The Balaban J connectivity index is 1.58. The molecule has 6 heteroatoms. The Morgan fingerprint density at radius 2 is 1.70 bits per heavy atom. The third kappa shape index (κ3) is 4.54. The number of hydrogen-bond donors (Lipinski definition) is 1. The molecule has 3 rings (SSSR count). The quantitative estimate of drug-likeness (QED) is 0.829. The van der Waals surface area contributed by atoms with Crippen LogP contribution in [-0.2, 0) is 15.1 Å². The van der Waals surface area contributed by atoms with Crippen LogP contribution in [0.5, 0.6) is 0 Å². The Morgan fingerprint density at radius 1 is 1.07 bits per heavy atom. The van der Waals surface area contributed by atoms with Crippen LogP contribution in [0.4, 0.5) is 0 Å². The maximum atomic E-state index is 13.5. The number of likely N-dealkylation sites (tertiary alicyclic amines) is 1. The summed E-state index contributed by atoms with van der Waals surface area (Å²) in [4.78, 5) is 29.9. The lowest BCUT2D eigenvalue weighted by Crippen LogP contribution is -2.54. The lowest BCUT2D eigenvalue weighted by Gasteiger charge is -2.43. The Labute approximate surface area is 162 Å². The zero-order valence-electron chi connectivity index (χ0n) is 16.8. The standard InChI is InChI=1S/C21H34N4O2/c1-23(2)17-12-22-19(26)18-8-15-24(16-9-18)20(27)21(10-4-3-5-11-21)25-13-6-7-14-25/h6-7,13-14,18H,3-5,8-12,15-17H2,1-2H3,(H,22,26). The van der Waals surface area contributed by atoms with Gasteiger partial charge >= 0.3 is 0 Å². The molecule has 1 saturated heterocycles. The molecule has 0 spiro atoms. The van der Waals surface area contributed by atoms with Crippen LogP contribution in [-0.4, -0.2) is 66.5 Å². The summed E-state index contributed by atoms with van der Waals surface area (Å²) in [6, 6.07) is 4.02. The van der Waals surface area contributed by atoms with Crippen molar-refractivity contribution in [1.82, 2.24) is 19.7 Å². The predicted octanol–water partition coefficient (Wildman–Crippen LogP) is 2.06. The van der Waals surface area contributed by atoms with Crippen molar-refractivity contribution in [1.29, 1.82) is 0 Å². The molecule has 1 aliphatic carbocycles. The van der Waals surface area contributed by atoms with Gasteiger partial charge in [0.05, 0.1) is 0 Å². The zero-order valence-corrected chi connectivity index (χ0v) is 16.8. The first kappa shape index (κ1) is 19.9. The van der Waals surface area contributed by atoms with Crippen LogP contribution in [0.15, 0.2) is 24.5 Å². The van der Waals surface area contributed by atoms with Crippen molar-refractivity contribution in [3.8, 4) is 0 Å². The van der Waals surface area contributed by atoms with Crippen LogP contribution in [0, 0.1) is 5.92 Å². The van der Waals surface area contributed by atoms with Gasteiger partial charge in [-0.05, 0) is 51.9 Å². The van der Waals surface area contributed by atoms with Crippen LogP contribution >= 0.6 is 0 Å². The van der Waals surface area contributed by atoms with E-state index in [1.165, 1.54) is 6.42 Å². The normalized spacial score (nSPS) is 20.6. The molecule has 2 aliphatic rings. The van der Waals surface area contributed by atoms with Crippen LogP contribution in [0.1, 0.15) is 44.9 Å². The molecule has 2 amide bonds. The predicted molar refractivity (Wildman–Crippen MR) is 106 cm³/mol. The van der Waals surface area contributed by atoms with E-state index in [9.17, 15) is 9.59 Å². The average Bonchev–Trinajstić information content (AvgIpc) is 3.23. The molecule has 1 saturated carbocycles. The summed E-state index contributed by atoms with van der Waals surface area (Å²) in [6.45, 7) is 2.91. The largest absolute Gasteiger partial charge is 0.355 e. The highest BCUT2D eigenvalue weighted by Crippen LogP contribution is 2.37. The summed E-state index contributed by atoms with van der Waals surface area (Å²) in [5.74, 6) is 0.428. The van der Waals surface area contributed by atoms with Gasteiger partial charge in [-0.3, -0.25) is 9.59 Å². The third-order valence-electron chi connectivity index (χ3n) is 6.19. The molecule has 2 heterocycles. The van der Waals surface area contributed by atoms with Gasteiger partial charge in [0.15, 0.2) is 0 Å². The van der Waals surface area contributed by atoms with Crippen LogP contribution < -0.4 is 5.32 Å². The van der Waals surface area contributed by atoms with E-state index in [-0.39, 0.29) is 17.7 Å². The lowest BCUT2D eigenvalue weighted by molar-refractivity contribution is -0.145. The lowest BCUT2D eigenvalue weighted by atomic mass is 9.79. The molecule has 1 aromatic rings. The summed E-state index contributed by atoms with van der Waals surface area (Å²) < 4.78 is 2.13. The van der Waals surface area contributed by atoms with E-state index in [2.05, 4.69) is 14.8 Å². The second-order valence-corrected chi connectivity index (χ2v) is 8.34. The SMILES string of the molecule is CN(C)CCNC(=O)C1CCN(C(=O)C2(n3cccc3)CCCCC2)CC1. The van der Waals surface area contributed by atoms with E-state index in [0.717, 1.165) is 45.1 Å². The number of hydrogen-bond acceptors (Lipinski definition) is 3. The van der Waals surface area contributed by atoms with Crippen molar-refractivity contribution in [2.75, 3.05) is 40.3 Å². The average molecular weight is 375 g/mol. The molecule has 6 nitrogen and oxygen atoms in total. The first-order chi connectivity index (χ1) is 13.0. The molecule has 2 fully saturated rings. The van der Waals surface area contributed by atoms with Gasteiger partial charge in [0.2, 0.25) is 11.8 Å². The van der Waals surface area contributed by atoms with Gasteiger partial charge in [0, 0.05) is 44.5 Å². The molecule has 0 aromatic carbocycles. The van der Waals surface area contributed by atoms with E-state index >= 15 is 0 Å². The van der Waals surface area contributed by atoms with E-state index in [1.54, 1.807) is 0 Å². The number of aromatic nitrogens is 1. The number of piperidine rings is 1. The zero-order chi connectivity index (χ0) is 19.3. The van der Waals surface area contributed by atoms with E-state index in [0.29, 0.717) is 19.6 Å². The van der Waals surface area contributed by atoms with Crippen LogP contribution in [0.3, 0.4) is 0 Å². The molecule has 150 valence electrons. The highest BCUT2D eigenvalue weighted by atomic mass is 16.2. The molecule has 1 aliphatic heterocycles. The number of nitrogens with zero attached hydrogens (tertiary/aromatic N) is 3. The van der Waals surface area contributed by atoms with Crippen molar-refractivity contribution in [2.24, 2.45) is 5.92 Å². The van der Waals surface area contributed by atoms with Gasteiger partial charge in [0.1, 0.15) is 5.54 Å². The highest BCUT2D eigenvalue weighted by molar-refractivity contribution is 5.85. The minimum Gasteiger partial charge on any atom is -0.355 e. The first-order valence-electron chi connectivity index (χ1n) is 10.4. The monoisotopic (exact) mass is 374 g/mol. The molecule has 0 bridgehead atoms. The number of carbonyl (C=O) groups is 2. The molecule has 27 heavy (non-hydrogen) atoms. The number of likely N-dealkylation sites (N-methyl/N-ethyl adjacent to an activating group) is 1. The van der Waals surface area contributed by atoms with E-state index in [4.69, 9.17) is 0 Å². The second-order valence-electron chi connectivity index (χ2n) is 8.34. The Morgan fingerprint density at radius 3 is 2.30 bits per heavy atom. The fourth-order valence-corrected chi connectivity index (χ4v) is 4.53. The molecule has 1 N–H and O–H groups in total. The van der Waals surface area contributed by atoms with E-state index in [1.807, 2.05) is 43.5 Å². The minimum atomic E-state index is -0.414. The fraction of sp³-hybridized carbons (Fsp3) is 0.714. The van der Waals surface area contributed by atoms with Crippen LogP contribution in [0.25, 0.3) is 0 Å². The number of rotatable bonds is 6. The van der Waals surface area contributed by atoms with Crippen molar-refractivity contribution in [3.63, 3.8) is 0 Å². The second kappa shape index (κ2) is 8.91. The number of amides is 2. The minimum absolute atomic E-state index is 0.0325. The Kier molecular flexibility index (Phi) is 6.58. The van der Waals surface area contributed by atoms with Crippen LogP contribution in [0.2, 0.25) is 0 Å². The summed E-state index contributed by atoms with van der Waals surface area (Å²) >= 11 is 0. The Bertz CT molecular complexity index is 612. The molecule has 0 unspecified atom stereocenters. The topological polar surface area (TPSA) is 57.6 Å². The summed E-state index contributed by atoms with van der Waals surface area (Å²) in [5, 5.41) is 3.03. The smallest absolute Gasteiger partial charge is 0.248 e. The van der Waals surface area contributed by atoms with Gasteiger partial charge in [0.25, 0.3) is 0 Å². The first-order valence-corrected chi connectivity index (χ1v) is 10.4. The highest BCUT2D eigenvalue weighted by Gasteiger charge is 2.44. The van der Waals surface area contributed by atoms with Gasteiger partial charge < -0.3 is 19.7 Å². The maximum Gasteiger partial charge on any atom is 0.248 e. The van der Waals surface area contributed by atoms with Gasteiger partial charge in [-0.2, -0.15) is 0 Å². The number of nitrogens with one attached hydrogen (secondary N) is 1. The Hall–Kier alpha value is -1.82. The summed E-state index contributed by atoms with van der Waals surface area (Å²) in [6.07, 6.45) is 10.9. The molecule has 0 radical (unpaired) electrons. The maximum absolute atomic E-state index is 13.5. The fourth-order valence-electron chi connectivity index (χ4n) is 4.53. The summed E-state index contributed by atoms with van der Waals surface area (Å²) in [5.41, 5.74) is -0.414. The van der Waals surface area contributed by atoms with Gasteiger partial charge in [-0.15, -0.1) is 0 Å². The number of carbonyl (C=O) groups excluding carboxylic acids is 2. The van der Waals surface area contributed by atoms with Crippen molar-refractivity contribution >= 4 is 11.8 Å². The van der Waals surface area contributed by atoms with Crippen molar-refractivity contribution in [2.45, 2.75) is 50.5 Å². The van der Waals surface area contributed by atoms with Gasteiger partial charge in [-0.25, -0.2) is 0 Å². The molecule has 1 aromatic heterocycles. The van der Waals surface area contributed by atoms with E-state index < -0.39 is 5.54 Å². The molecular formula is C21H34N4O2. The molecule has 0 atom stereocenters. The van der Waals surface area contributed by atoms with Crippen molar-refractivity contribution in [3.05, 3.63) is 24.5 Å².